The number of rotatable bonds is 0. The van der Waals surface area contributed by atoms with Gasteiger partial charge < -0.3 is 15.5 Å². The SMILES string of the molecule is Cl.O=C1NCCN2CCNC=C12. The van der Waals surface area contributed by atoms with E-state index in [9.17, 15) is 4.79 Å². The largest absolute Gasteiger partial charge is 0.387 e. The van der Waals surface area contributed by atoms with Gasteiger partial charge in [-0.3, -0.25) is 4.79 Å². The molecule has 0 saturated carbocycles. The smallest absolute Gasteiger partial charge is 0.269 e. The van der Waals surface area contributed by atoms with Crippen LogP contribution in [0.4, 0.5) is 0 Å². The Balaban J connectivity index is 0.000000720. The van der Waals surface area contributed by atoms with E-state index in [1.54, 1.807) is 6.20 Å². The Labute approximate surface area is 77.4 Å². The molecule has 0 aromatic rings. The lowest BCUT2D eigenvalue weighted by molar-refractivity contribution is -0.120. The number of carbonyl (C=O) groups excluding carboxylic acids is 1. The van der Waals surface area contributed by atoms with Crippen LogP contribution in [0.15, 0.2) is 11.9 Å². The minimum absolute atomic E-state index is 0. The van der Waals surface area contributed by atoms with Crippen molar-refractivity contribution in [2.24, 2.45) is 0 Å². The second kappa shape index (κ2) is 3.67. The molecule has 1 amide bonds. The fourth-order valence-electron chi connectivity index (χ4n) is 1.42. The molecule has 12 heavy (non-hydrogen) atoms. The second-order valence-corrected chi connectivity index (χ2v) is 2.73. The fraction of sp³-hybridized carbons (Fsp3) is 0.571. The van der Waals surface area contributed by atoms with Crippen LogP contribution in [0.2, 0.25) is 0 Å². The van der Waals surface area contributed by atoms with Gasteiger partial charge in [0.05, 0.1) is 0 Å². The first-order chi connectivity index (χ1) is 5.38. The van der Waals surface area contributed by atoms with E-state index in [1.165, 1.54) is 0 Å². The number of fused-ring (bicyclic) bond motifs is 1. The molecule has 2 aliphatic heterocycles. The van der Waals surface area contributed by atoms with E-state index in [4.69, 9.17) is 0 Å². The third-order valence-electron chi connectivity index (χ3n) is 2.01. The van der Waals surface area contributed by atoms with Crippen LogP contribution in [0.25, 0.3) is 0 Å². The van der Waals surface area contributed by atoms with Crippen molar-refractivity contribution in [2.45, 2.75) is 0 Å². The molecule has 2 aliphatic rings. The molecule has 2 heterocycles. The van der Waals surface area contributed by atoms with Crippen molar-refractivity contribution in [3.63, 3.8) is 0 Å². The highest BCUT2D eigenvalue weighted by molar-refractivity contribution is 5.93. The van der Waals surface area contributed by atoms with Crippen molar-refractivity contribution >= 4 is 18.3 Å². The quantitative estimate of drug-likeness (QED) is 0.529. The van der Waals surface area contributed by atoms with Crippen molar-refractivity contribution in [1.82, 2.24) is 15.5 Å². The first-order valence-corrected chi connectivity index (χ1v) is 3.84. The Hall–Kier alpha value is -0.900. The average molecular weight is 190 g/mol. The van der Waals surface area contributed by atoms with Gasteiger partial charge in [0.2, 0.25) is 0 Å². The fourth-order valence-corrected chi connectivity index (χ4v) is 1.42. The average Bonchev–Trinajstić information content (AvgIpc) is 2.06. The number of hydrogen-bond acceptors (Lipinski definition) is 3. The number of amides is 1. The molecule has 0 aromatic heterocycles. The molecule has 1 fully saturated rings. The number of nitrogens with zero attached hydrogens (tertiary/aromatic N) is 1. The first kappa shape index (κ1) is 9.19. The number of carbonyl (C=O) groups is 1. The molecule has 4 nitrogen and oxygen atoms in total. The van der Waals surface area contributed by atoms with E-state index in [0.29, 0.717) is 0 Å². The molecule has 0 radical (unpaired) electrons. The summed E-state index contributed by atoms with van der Waals surface area (Å²) in [5, 5.41) is 5.84. The molecule has 68 valence electrons. The van der Waals surface area contributed by atoms with Crippen LogP contribution in [0.5, 0.6) is 0 Å². The maximum absolute atomic E-state index is 11.2. The summed E-state index contributed by atoms with van der Waals surface area (Å²) in [6.07, 6.45) is 1.79. The lowest BCUT2D eigenvalue weighted by atomic mass is 10.2. The molecule has 0 aliphatic carbocycles. The van der Waals surface area contributed by atoms with E-state index in [-0.39, 0.29) is 18.3 Å². The summed E-state index contributed by atoms with van der Waals surface area (Å²) >= 11 is 0. The molecular formula is C7H12ClN3O. The highest BCUT2D eigenvalue weighted by atomic mass is 35.5. The van der Waals surface area contributed by atoms with Gasteiger partial charge in [-0.1, -0.05) is 0 Å². The van der Waals surface area contributed by atoms with Gasteiger partial charge in [-0.2, -0.15) is 0 Å². The molecule has 5 heteroatoms. The van der Waals surface area contributed by atoms with Gasteiger partial charge in [-0.25, -0.2) is 0 Å². The zero-order valence-corrected chi connectivity index (χ0v) is 7.49. The van der Waals surface area contributed by atoms with Crippen LogP contribution in [0.1, 0.15) is 0 Å². The molecule has 2 rings (SSSR count). The maximum atomic E-state index is 11.2. The number of halogens is 1. The van der Waals surface area contributed by atoms with Crippen molar-refractivity contribution in [3.8, 4) is 0 Å². The Morgan fingerprint density at radius 2 is 2.08 bits per heavy atom. The predicted molar refractivity (Wildman–Crippen MR) is 47.9 cm³/mol. The van der Waals surface area contributed by atoms with Gasteiger partial charge in [0.1, 0.15) is 5.70 Å². The standard InChI is InChI=1S/C7H11N3O.ClH/c11-7-6-5-8-1-3-10(6)4-2-9-7;/h5,8H,1-4H2,(H,9,11);1H. The van der Waals surface area contributed by atoms with E-state index in [2.05, 4.69) is 15.5 Å². The van der Waals surface area contributed by atoms with Crippen molar-refractivity contribution < 1.29 is 4.79 Å². The van der Waals surface area contributed by atoms with Crippen LogP contribution in [0.3, 0.4) is 0 Å². The normalized spacial score (nSPS) is 21.2. The van der Waals surface area contributed by atoms with E-state index < -0.39 is 0 Å². The first-order valence-electron chi connectivity index (χ1n) is 3.84. The molecule has 0 unspecified atom stereocenters. The number of nitrogens with one attached hydrogen (secondary N) is 2. The Morgan fingerprint density at radius 3 is 2.83 bits per heavy atom. The zero-order chi connectivity index (χ0) is 7.68. The van der Waals surface area contributed by atoms with Gasteiger partial charge in [0.25, 0.3) is 5.91 Å². The molecule has 0 spiro atoms. The van der Waals surface area contributed by atoms with Crippen LogP contribution < -0.4 is 10.6 Å². The van der Waals surface area contributed by atoms with Crippen LogP contribution in [-0.2, 0) is 4.79 Å². The maximum Gasteiger partial charge on any atom is 0.269 e. The van der Waals surface area contributed by atoms with Crippen LogP contribution in [0, 0.1) is 0 Å². The zero-order valence-electron chi connectivity index (χ0n) is 6.67. The highest BCUT2D eigenvalue weighted by Gasteiger charge is 2.23. The second-order valence-electron chi connectivity index (χ2n) is 2.73. The number of piperazine rings is 1. The summed E-state index contributed by atoms with van der Waals surface area (Å²) in [6.45, 7) is 3.60. The summed E-state index contributed by atoms with van der Waals surface area (Å²) in [5.41, 5.74) is 0.780. The molecule has 2 N–H and O–H groups in total. The molecule has 0 aromatic carbocycles. The predicted octanol–water partition coefficient (Wildman–Crippen LogP) is -0.715. The minimum atomic E-state index is 0. The summed E-state index contributed by atoms with van der Waals surface area (Å²) in [5.74, 6) is 0.0449. The third-order valence-corrected chi connectivity index (χ3v) is 2.01. The van der Waals surface area contributed by atoms with Crippen molar-refractivity contribution in [3.05, 3.63) is 11.9 Å². The Kier molecular flexibility index (Phi) is 2.81. The van der Waals surface area contributed by atoms with E-state index in [0.717, 1.165) is 31.9 Å². The molecule has 0 atom stereocenters. The summed E-state index contributed by atoms with van der Waals surface area (Å²) in [7, 11) is 0. The summed E-state index contributed by atoms with van der Waals surface area (Å²) < 4.78 is 0. The van der Waals surface area contributed by atoms with Gasteiger partial charge in [0, 0.05) is 32.4 Å². The Morgan fingerprint density at radius 1 is 1.33 bits per heavy atom. The van der Waals surface area contributed by atoms with Gasteiger partial charge in [-0.05, 0) is 0 Å². The van der Waals surface area contributed by atoms with Gasteiger partial charge in [-0.15, -0.1) is 12.4 Å². The van der Waals surface area contributed by atoms with Crippen LogP contribution >= 0.6 is 12.4 Å². The third kappa shape index (κ3) is 1.48. The Bertz CT molecular complexity index is 217. The van der Waals surface area contributed by atoms with Crippen LogP contribution in [-0.4, -0.2) is 37.0 Å². The molecule has 0 bridgehead atoms. The lowest BCUT2D eigenvalue weighted by Crippen LogP contribution is -2.50. The summed E-state index contributed by atoms with van der Waals surface area (Å²) in [4.78, 5) is 13.3. The van der Waals surface area contributed by atoms with Crippen molar-refractivity contribution in [1.29, 1.82) is 0 Å². The van der Waals surface area contributed by atoms with E-state index in [1.807, 2.05) is 0 Å². The highest BCUT2D eigenvalue weighted by Crippen LogP contribution is 2.08. The van der Waals surface area contributed by atoms with Gasteiger partial charge >= 0.3 is 0 Å². The lowest BCUT2D eigenvalue weighted by Gasteiger charge is -2.33. The topological polar surface area (TPSA) is 44.4 Å². The monoisotopic (exact) mass is 189 g/mol. The molecular weight excluding hydrogens is 178 g/mol. The minimum Gasteiger partial charge on any atom is -0.387 e. The molecule has 1 saturated heterocycles. The van der Waals surface area contributed by atoms with E-state index >= 15 is 0 Å². The van der Waals surface area contributed by atoms with Gasteiger partial charge in [0.15, 0.2) is 0 Å². The van der Waals surface area contributed by atoms with Crippen molar-refractivity contribution in [2.75, 3.05) is 26.2 Å². The number of hydrogen-bond donors (Lipinski definition) is 2. The summed E-state index contributed by atoms with van der Waals surface area (Å²) in [6, 6.07) is 0.